The van der Waals surface area contributed by atoms with Crippen LogP contribution >= 0.6 is 0 Å². The summed E-state index contributed by atoms with van der Waals surface area (Å²) in [5, 5.41) is 11.4. The van der Waals surface area contributed by atoms with Crippen molar-refractivity contribution in [3.8, 4) is 5.75 Å². The first kappa shape index (κ1) is 23.1. The standard InChI is InChI=1S/C19H29N3O6/c1-13(2)12-28-19(24)22(11-18(23)26-4)14(3)15-5-7-16(8-6-15)27-10-9-17(20)21-25/h5-8,13-14,25H,9-12H2,1-4H3,(H2,20,21)/t14-/m0/s1. The Bertz CT molecular complexity index is 660. The van der Waals surface area contributed by atoms with Crippen LogP contribution in [0.25, 0.3) is 0 Å². The number of esters is 1. The number of methoxy groups -OCH3 is 1. The maximum atomic E-state index is 12.4. The van der Waals surface area contributed by atoms with Gasteiger partial charge in [-0.2, -0.15) is 0 Å². The molecule has 9 heteroatoms. The average molecular weight is 395 g/mol. The molecule has 0 aliphatic heterocycles. The van der Waals surface area contributed by atoms with Crippen molar-refractivity contribution >= 4 is 17.9 Å². The van der Waals surface area contributed by atoms with Gasteiger partial charge in [0.2, 0.25) is 0 Å². The van der Waals surface area contributed by atoms with Crippen LogP contribution in [-0.2, 0) is 14.3 Å². The molecule has 28 heavy (non-hydrogen) atoms. The molecular formula is C19H29N3O6. The molecule has 156 valence electrons. The Hall–Kier alpha value is -2.97. The van der Waals surface area contributed by atoms with E-state index < -0.39 is 18.1 Å². The van der Waals surface area contributed by atoms with E-state index >= 15 is 0 Å². The highest BCUT2D eigenvalue weighted by Crippen LogP contribution is 2.24. The molecule has 1 aromatic rings. The van der Waals surface area contributed by atoms with Crippen LogP contribution in [0.2, 0.25) is 0 Å². The number of hydrogen-bond acceptors (Lipinski definition) is 7. The Labute approximate surface area is 165 Å². The highest BCUT2D eigenvalue weighted by Gasteiger charge is 2.26. The predicted molar refractivity (Wildman–Crippen MR) is 103 cm³/mol. The van der Waals surface area contributed by atoms with E-state index in [-0.39, 0.29) is 31.5 Å². The van der Waals surface area contributed by atoms with Gasteiger partial charge in [0, 0.05) is 6.42 Å². The number of ether oxygens (including phenoxy) is 3. The van der Waals surface area contributed by atoms with Crippen LogP contribution in [0.15, 0.2) is 29.4 Å². The number of rotatable bonds is 10. The second-order valence-corrected chi connectivity index (χ2v) is 6.61. The number of carbonyl (C=O) groups excluding carboxylic acids is 2. The topological polar surface area (TPSA) is 124 Å². The highest BCUT2D eigenvalue weighted by molar-refractivity contribution is 5.79. The first-order valence-electron chi connectivity index (χ1n) is 8.97. The monoisotopic (exact) mass is 395 g/mol. The zero-order valence-corrected chi connectivity index (χ0v) is 16.8. The van der Waals surface area contributed by atoms with Gasteiger partial charge in [0.05, 0.1) is 26.4 Å². The van der Waals surface area contributed by atoms with Gasteiger partial charge in [-0.1, -0.05) is 31.1 Å². The molecule has 1 amide bonds. The Morgan fingerprint density at radius 1 is 1.21 bits per heavy atom. The van der Waals surface area contributed by atoms with E-state index in [0.717, 1.165) is 5.56 Å². The van der Waals surface area contributed by atoms with Crippen molar-refractivity contribution in [1.82, 2.24) is 4.90 Å². The van der Waals surface area contributed by atoms with Crippen molar-refractivity contribution in [1.29, 1.82) is 0 Å². The summed E-state index contributed by atoms with van der Waals surface area (Å²) >= 11 is 0. The number of amidine groups is 1. The minimum atomic E-state index is -0.578. The van der Waals surface area contributed by atoms with Gasteiger partial charge in [0.25, 0.3) is 0 Å². The van der Waals surface area contributed by atoms with E-state index in [2.05, 4.69) is 9.89 Å². The van der Waals surface area contributed by atoms with Gasteiger partial charge in [-0.05, 0) is 30.5 Å². The van der Waals surface area contributed by atoms with E-state index in [1.165, 1.54) is 12.0 Å². The summed E-state index contributed by atoms with van der Waals surface area (Å²) in [5.41, 5.74) is 6.19. The minimum absolute atomic E-state index is 0.0867. The van der Waals surface area contributed by atoms with Crippen molar-refractivity contribution in [2.75, 3.05) is 26.9 Å². The van der Waals surface area contributed by atoms with Gasteiger partial charge in [-0.3, -0.25) is 9.69 Å². The molecule has 0 aromatic heterocycles. The van der Waals surface area contributed by atoms with Gasteiger partial charge >= 0.3 is 12.1 Å². The normalized spacial score (nSPS) is 12.4. The molecule has 1 atom stereocenters. The highest BCUT2D eigenvalue weighted by atomic mass is 16.6. The van der Waals surface area contributed by atoms with E-state index in [9.17, 15) is 9.59 Å². The summed E-state index contributed by atoms with van der Waals surface area (Å²) in [5.74, 6) is 0.337. The van der Waals surface area contributed by atoms with Crippen molar-refractivity contribution in [3.63, 3.8) is 0 Å². The molecule has 0 radical (unpaired) electrons. The Balaban J connectivity index is 2.81. The quantitative estimate of drug-likeness (QED) is 0.205. The van der Waals surface area contributed by atoms with E-state index in [1.54, 1.807) is 31.2 Å². The lowest BCUT2D eigenvalue weighted by Crippen LogP contribution is -2.39. The second-order valence-electron chi connectivity index (χ2n) is 6.61. The van der Waals surface area contributed by atoms with E-state index in [4.69, 9.17) is 20.4 Å². The number of amides is 1. The van der Waals surface area contributed by atoms with Gasteiger partial charge in [0.1, 0.15) is 18.1 Å². The number of hydrogen-bond donors (Lipinski definition) is 2. The lowest BCUT2D eigenvalue weighted by atomic mass is 10.1. The van der Waals surface area contributed by atoms with Crippen LogP contribution in [0, 0.1) is 5.92 Å². The molecule has 1 aromatic carbocycles. The van der Waals surface area contributed by atoms with Crippen LogP contribution in [0.4, 0.5) is 4.79 Å². The summed E-state index contributed by atoms with van der Waals surface area (Å²) < 4.78 is 15.5. The molecule has 0 bridgehead atoms. The first-order valence-corrected chi connectivity index (χ1v) is 8.97. The fourth-order valence-electron chi connectivity index (χ4n) is 2.23. The van der Waals surface area contributed by atoms with Crippen molar-refractivity contribution in [2.24, 2.45) is 16.8 Å². The maximum absolute atomic E-state index is 12.4. The van der Waals surface area contributed by atoms with Crippen LogP contribution < -0.4 is 10.5 Å². The predicted octanol–water partition coefficient (Wildman–Crippen LogP) is 2.53. The summed E-state index contributed by atoms with van der Waals surface area (Å²) in [6.45, 7) is 5.97. The Morgan fingerprint density at radius 2 is 1.86 bits per heavy atom. The first-order chi connectivity index (χ1) is 13.3. The molecular weight excluding hydrogens is 366 g/mol. The third-order valence-electron chi connectivity index (χ3n) is 3.89. The number of carbonyl (C=O) groups is 2. The summed E-state index contributed by atoms with van der Waals surface area (Å²) in [6.07, 6.45) is -0.283. The van der Waals surface area contributed by atoms with E-state index in [0.29, 0.717) is 12.2 Å². The fourth-order valence-corrected chi connectivity index (χ4v) is 2.23. The van der Waals surface area contributed by atoms with Crippen LogP contribution in [0.3, 0.4) is 0 Å². The zero-order valence-electron chi connectivity index (χ0n) is 16.8. The summed E-state index contributed by atoms with van der Waals surface area (Å²) in [7, 11) is 1.27. The smallest absolute Gasteiger partial charge is 0.410 e. The molecule has 1 rings (SSSR count). The molecule has 0 unspecified atom stereocenters. The fraction of sp³-hybridized carbons (Fsp3) is 0.526. The second kappa shape index (κ2) is 11.7. The molecule has 0 aliphatic rings. The van der Waals surface area contributed by atoms with Crippen LogP contribution in [0.1, 0.15) is 38.8 Å². The molecule has 9 nitrogen and oxygen atoms in total. The Kier molecular flexibility index (Phi) is 9.63. The number of benzene rings is 1. The lowest BCUT2D eigenvalue weighted by molar-refractivity contribution is -0.142. The molecule has 0 heterocycles. The molecule has 0 saturated carbocycles. The maximum Gasteiger partial charge on any atom is 0.410 e. The average Bonchev–Trinajstić information content (AvgIpc) is 2.69. The van der Waals surface area contributed by atoms with E-state index in [1.807, 2.05) is 13.8 Å². The van der Waals surface area contributed by atoms with Crippen molar-refractivity contribution in [2.45, 2.75) is 33.2 Å². The number of nitrogens with zero attached hydrogens (tertiary/aromatic N) is 2. The largest absolute Gasteiger partial charge is 0.493 e. The molecule has 0 aliphatic carbocycles. The summed E-state index contributed by atoms with van der Waals surface area (Å²) in [4.78, 5) is 25.5. The SMILES string of the molecule is COC(=O)CN(C(=O)OCC(C)C)[C@@H](C)c1ccc(OCC/C(N)=N/O)cc1. The van der Waals surface area contributed by atoms with Gasteiger partial charge in [0.15, 0.2) is 0 Å². The van der Waals surface area contributed by atoms with Gasteiger partial charge < -0.3 is 25.2 Å². The third-order valence-corrected chi connectivity index (χ3v) is 3.89. The Morgan fingerprint density at radius 3 is 2.39 bits per heavy atom. The number of nitrogens with two attached hydrogens (primary N) is 1. The van der Waals surface area contributed by atoms with Crippen molar-refractivity contribution < 1.29 is 29.0 Å². The van der Waals surface area contributed by atoms with Crippen LogP contribution in [0.5, 0.6) is 5.75 Å². The zero-order chi connectivity index (χ0) is 21.1. The van der Waals surface area contributed by atoms with Gasteiger partial charge in [-0.15, -0.1) is 0 Å². The molecule has 0 saturated heterocycles. The summed E-state index contributed by atoms with van der Waals surface area (Å²) in [6, 6.07) is 6.67. The molecule has 0 fully saturated rings. The van der Waals surface area contributed by atoms with Gasteiger partial charge in [-0.25, -0.2) is 4.79 Å². The minimum Gasteiger partial charge on any atom is -0.493 e. The lowest BCUT2D eigenvalue weighted by Gasteiger charge is -2.28. The third kappa shape index (κ3) is 7.73. The van der Waals surface area contributed by atoms with Crippen LogP contribution in [-0.4, -0.2) is 54.9 Å². The van der Waals surface area contributed by atoms with Crippen molar-refractivity contribution in [3.05, 3.63) is 29.8 Å². The molecule has 3 N–H and O–H groups in total. The number of oxime groups is 1. The molecule has 0 spiro atoms.